The second kappa shape index (κ2) is 7.37. The summed E-state index contributed by atoms with van der Waals surface area (Å²) < 4.78 is 1.26. The van der Waals surface area contributed by atoms with Gasteiger partial charge in [-0.2, -0.15) is 10.4 Å². The Morgan fingerprint density at radius 2 is 2.10 bits per heavy atom. The molecule has 1 saturated carbocycles. The maximum atomic E-state index is 13.1. The van der Waals surface area contributed by atoms with E-state index >= 15 is 0 Å². The first-order valence-electron chi connectivity index (χ1n) is 9.11. The minimum Gasteiger partial charge on any atom is -0.477 e. The molecule has 9 nitrogen and oxygen atoms in total. The third-order valence-electron chi connectivity index (χ3n) is 5.51. The first-order chi connectivity index (χ1) is 13.4. The number of carboxylic acid groups (broad SMARTS) is 1. The number of carbonyl (C=O) groups is 2. The minimum atomic E-state index is -1.07. The fraction of sp³-hybridized carbons (Fsp3) is 0.421. The topological polar surface area (TPSA) is 124 Å². The molecule has 1 amide bonds. The van der Waals surface area contributed by atoms with Gasteiger partial charge < -0.3 is 15.3 Å². The van der Waals surface area contributed by atoms with E-state index in [1.54, 1.807) is 30.3 Å². The Hall–Kier alpha value is -3.12. The molecule has 1 aliphatic carbocycles. The minimum absolute atomic E-state index is 0. The van der Waals surface area contributed by atoms with Gasteiger partial charge in [0.1, 0.15) is 16.9 Å². The van der Waals surface area contributed by atoms with Crippen LogP contribution in [0.5, 0.6) is 0 Å². The average Bonchev–Trinajstić information content (AvgIpc) is 3.38. The van der Waals surface area contributed by atoms with E-state index in [0.29, 0.717) is 23.7 Å². The Labute approximate surface area is 173 Å². The zero-order valence-electron chi connectivity index (χ0n) is 16.0. The number of halogens is 1. The lowest BCUT2D eigenvalue weighted by Gasteiger charge is -2.23. The van der Waals surface area contributed by atoms with Gasteiger partial charge in [-0.25, -0.2) is 9.78 Å². The van der Waals surface area contributed by atoms with Crippen molar-refractivity contribution in [2.75, 3.05) is 10.2 Å². The van der Waals surface area contributed by atoms with Crippen LogP contribution in [0.1, 0.15) is 36.7 Å². The predicted octanol–water partition coefficient (Wildman–Crippen LogP) is 2.72. The zero-order valence-corrected chi connectivity index (χ0v) is 16.8. The number of amides is 1. The van der Waals surface area contributed by atoms with Crippen molar-refractivity contribution in [2.24, 2.45) is 18.4 Å². The molecule has 152 valence electrons. The Morgan fingerprint density at radius 1 is 1.38 bits per heavy atom. The summed E-state index contributed by atoms with van der Waals surface area (Å²) in [6.07, 6.45) is 3.95. The zero-order chi connectivity index (χ0) is 20.1. The van der Waals surface area contributed by atoms with Gasteiger partial charge in [-0.05, 0) is 38.2 Å². The van der Waals surface area contributed by atoms with E-state index in [0.717, 1.165) is 12.8 Å². The van der Waals surface area contributed by atoms with E-state index in [1.165, 1.54) is 10.7 Å². The number of aromatic nitrogens is 3. The van der Waals surface area contributed by atoms with Gasteiger partial charge in [0.2, 0.25) is 5.91 Å². The maximum Gasteiger partial charge on any atom is 0.354 e. The summed E-state index contributed by atoms with van der Waals surface area (Å²) in [5, 5.41) is 25.9. The van der Waals surface area contributed by atoms with Crippen molar-refractivity contribution in [1.29, 1.82) is 5.26 Å². The highest BCUT2D eigenvalue weighted by atomic mass is 35.5. The number of carboxylic acids is 1. The van der Waals surface area contributed by atoms with Crippen LogP contribution in [-0.2, 0) is 11.8 Å². The summed E-state index contributed by atoms with van der Waals surface area (Å²) in [6, 6.07) is 7.08. The number of rotatable bonds is 5. The summed E-state index contributed by atoms with van der Waals surface area (Å²) in [7, 11) is 1.54. The van der Waals surface area contributed by atoms with Gasteiger partial charge in [-0.1, -0.05) is 0 Å². The first-order valence-corrected chi connectivity index (χ1v) is 9.11. The van der Waals surface area contributed by atoms with E-state index < -0.39 is 11.4 Å². The summed E-state index contributed by atoms with van der Waals surface area (Å²) in [5.74, 6) is -0.287. The van der Waals surface area contributed by atoms with Crippen molar-refractivity contribution in [1.82, 2.24) is 14.8 Å². The second-order valence-corrected chi connectivity index (χ2v) is 7.45. The van der Waals surface area contributed by atoms with Gasteiger partial charge in [-0.3, -0.25) is 9.48 Å². The van der Waals surface area contributed by atoms with Crippen molar-refractivity contribution in [3.8, 4) is 6.07 Å². The number of hydrogen-bond donors (Lipinski definition) is 2. The Kier molecular flexibility index (Phi) is 5.24. The SMILES string of the molecule is C[C@@H]1C[C@@](C#N)(C2CC2)C(=O)N1c1ccnc(Nc2cc(C(=O)O)n(C)n2)c1.Cl. The highest BCUT2D eigenvalue weighted by molar-refractivity contribution is 6.03. The molecule has 4 rings (SSSR count). The second-order valence-electron chi connectivity index (χ2n) is 7.45. The van der Waals surface area contributed by atoms with Crippen molar-refractivity contribution >= 4 is 41.6 Å². The van der Waals surface area contributed by atoms with Crippen LogP contribution in [0, 0.1) is 22.7 Å². The molecule has 1 aliphatic heterocycles. The molecular weight excluding hydrogens is 396 g/mol. The molecule has 29 heavy (non-hydrogen) atoms. The first kappa shape index (κ1) is 20.6. The molecule has 0 spiro atoms. The van der Waals surface area contributed by atoms with Crippen LogP contribution >= 0.6 is 12.4 Å². The van der Waals surface area contributed by atoms with Crippen LogP contribution < -0.4 is 10.2 Å². The summed E-state index contributed by atoms with van der Waals surface area (Å²) in [4.78, 5) is 30.2. The maximum absolute atomic E-state index is 13.1. The molecule has 2 aromatic rings. The molecule has 2 aromatic heterocycles. The van der Waals surface area contributed by atoms with Crippen molar-refractivity contribution < 1.29 is 14.7 Å². The van der Waals surface area contributed by atoms with Gasteiger partial charge in [0.15, 0.2) is 5.82 Å². The molecular formula is C19H21ClN6O3. The van der Waals surface area contributed by atoms with E-state index in [4.69, 9.17) is 5.11 Å². The van der Waals surface area contributed by atoms with E-state index in [1.807, 2.05) is 6.92 Å². The van der Waals surface area contributed by atoms with Crippen molar-refractivity contribution in [3.05, 3.63) is 30.1 Å². The van der Waals surface area contributed by atoms with Crippen LogP contribution in [-0.4, -0.2) is 37.8 Å². The molecule has 0 unspecified atom stereocenters. The third-order valence-corrected chi connectivity index (χ3v) is 5.51. The lowest BCUT2D eigenvalue weighted by molar-refractivity contribution is -0.123. The molecule has 2 fully saturated rings. The van der Waals surface area contributed by atoms with Crippen LogP contribution in [0.2, 0.25) is 0 Å². The molecule has 0 bridgehead atoms. The Balaban J connectivity index is 0.00000240. The van der Waals surface area contributed by atoms with Crippen LogP contribution in [0.4, 0.5) is 17.3 Å². The molecule has 0 aromatic carbocycles. The number of carbonyl (C=O) groups excluding carboxylic acids is 1. The fourth-order valence-electron chi connectivity index (χ4n) is 4.03. The van der Waals surface area contributed by atoms with Gasteiger partial charge in [0, 0.05) is 37.1 Å². The number of nitrogens with one attached hydrogen (secondary N) is 1. The molecule has 1 saturated heterocycles. The van der Waals surface area contributed by atoms with E-state index in [-0.39, 0.29) is 36.0 Å². The number of anilines is 3. The predicted molar refractivity (Wildman–Crippen MR) is 107 cm³/mol. The quantitative estimate of drug-likeness (QED) is 0.767. The number of hydrogen-bond acceptors (Lipinski definition) is 6. The average molecular weight is 417 g/mol. The largest absolute Gasteiger partial charge is 0.477 e. The van der Waals surface area contributed by atoms with Crippen LogP contribution in [0.25, 0.3) is 0 Å². The number of pyridine rings is 1. The van der Waals surface area contributed by atoms with E-state index in [9.17, 15) is 14.9 Å². The summed E-state index contributed by atoms with van der Waals surface area (Å²) in [6.45, 7) is 1.95. The number of aryl methyl sites for hydroxylation is 1. The van der Waals surface area contributed by atoms with Gasteiger partial charge in [0.25, 0.3) is 0 Å². The summed E-state index contributed by atoms with van der Waals surface area (Å²) >= 11 is 0. The monoisotopic (exact) mass is 416 g/mol. The van der Waals surface area contributed by atoms with E-state index in [2.05, 4.69) is 21.5 Å². The lowest BCUT2D eigenvalue weighted by Crippen LogP contribution is -2.36. The molecule has 10 heteroatoms. The number of aromatic carboxylic acids is 1. The number of nitriles is 1. The van der Waals surface area contributed by atoms with Gasteiger partial charge in [-0.15, -0.1) is 12.4 Å². The van der Waals surface area contributed by atoms with Gasteiger partial charge in [0.05, 0.1) is 6.07 Å². The fourth-order valence-corrected chi connectivity index (χ4v) is 4.03. The standard InChI is InChI=1S/C19H20N6O3.ClH/c1-11-9-19(10-20,12-3-4-12)18(28)25(11)13-5-6-21-15(7-13)22-16-8-14(17(26)27)24(2)23-16;/h5-8,11-12H,3-4,9H2,1-2H3,(H,26,27)(H,21,22,23);1H/t11-,19-;/m1./s1. The Morgan fingerprint density at radius 3 is 2.69 bits per heavy atom. The number of nitrogens with zero attached hydrogens (tertiary/aromatic N) is 5. The van der Waals surface area contributed by atoms with Crippen LogP contribution in [0.15, 0.2) is 24.4 Å². The lowest BCUT2D eigenvalue weighted by atomic mass is 9.81. The Bertz CT molecular complexity index is 1010. The third kappa shape index (κ3) is 3.40. The van der Waals surface area contributed by atoms with Gasteiger partial charge >= 0.3 is 5.97 Å². The van der Waals surface area contributed by atoms with Crippen molar-refractivity contribution in [3.63, 3.8) is 0 Å². The van der Waals surface area contributed by atoms with Crippen molar-refractivity contribution in [2.45, 2.75) is 32.2 Å². The molecule has 0 radical (unpaired) electrons. The summed E-state index contributed by atoms with van der Waals surface area (Å²) in [5.41, 5.74) is -0.222. The molecule has 2 N–H and O–H groups in total. The normalized spacial score (nSPS) is 23.4. The molecule has 2 atom stereocenters. The highest BCUT2D eigenvalue weighted by Crippen LogP contribution is 2.53. The van der Waals surface area contributed by atoms with Crippen LogP contribution in [0.3, 0.4) is 0 Å². The smallest absolute Gasteiger partial charge is 0.354 e. The molecule has 2 aliphatic rings. The highest BCUT2D eigenvalue weighted by Gasteiger charge is 2.59. The molecule has 3 heterocycles.